The predicted octanol–water partition coefficient (Wildman–Crippen LogP) is 3.22. The molecule has 0 atom stereocenters. The first-order valence-corrected chi connectivity index (χ1v) is 10.3. The number of nitrogens with one attached hydrogen (secondary N) is 4. The summed E-state index contributed by atoms with van der Waals surface area (Å²) in [4.78, 5) is 27.0. The number of anilines is 2. The number of aromatic amines is 2. The highest BCUT2D eigenvalue weighted by Gasteiger charge is 2.20. The fourth-order valence-corrected chi connectivity index (χ4v) is 3.67. The largest absolute Gasteiger partial charge is 0.466 e. The topological polar surface area (TPSA) is 106 Å². The first-order valence-electron chi connectivity index (χ1n) is 10.3. The molecule has 1 fully saturated rings. The van der Waals surface area contributed by atoms with Crippen LogP contribution in [0, 0.1) is 5.92 Å². The lowest BCUT2D eigenvalue weighted by Crippen LogP contribution is -2.22. The van der Waals surface area contributed by atoms with Gasteiger partial charge in [0.25, 0.3) is 17.4 Å². The number of carbonyl (C=O) groups is 1. The van der Waals surface area contributed by atoms with Crippen LogP contribution in [0.1, 0.15) is 49.4 Å². The van der Waals surface area contributed by atoms with Gasteiger partial charge < -0.3 is 15.0 Å². The van der Waals surface area contributed by atoms with E-state index in [4.69, 9.17) is 4.74 Å². The predicted molar refractivity (Wildman–Crippen MR) is 110 cm³/mol. The van der Waals surface area contributed by atoms with Gasteiger partial charge in [0.05, 0.1) is 18.6 Å². The van der Waals surface area contributed by atoms with Crippen molar-refractivity contribution in [3.8, 4) is 5.88 Å². The maximum atomic E-state index is 11.9. The van der Waals surface area contributed by atoms with E-state index in [1.807, 2.05) is 19.1 Å². The van der Waals surface area contributed by atoms with Gasteiger partial charge in [0.2, 0.25) is 0 Å². The molecule has 2 heterocycles. The van der Waals surface area contributed by atoms with Crippen molar-refractivity contribution in [1.29, 1.82) is 0 Å². The van der Waals surface area contributed by atoms with Gasteiger partial charge in [0, 0.05) is 12.1 Å². The summed E-state index contributed by atoms with van der Waals surface area (Å²) in [6, 6.07) is 7.25. The van der Waals surface area contributed by atoms with Crippen molar-refractivity contribution in [3.63, 3.8) is 0 Å². The fraction of sp³-hybridized carbons (Fsp3) is 0.429. The van der Waals surface area contributed by atoms with Crippen LogP contribution >= 0.6 is 0 Å². The number of aromatic nitrogens is 4. The lowest BCUT2D eigenvalue weighted by Gasteiger charge is -2.21. The van der Waals surface area contributed by atoms with E-state index in [-0.39, 0.29) is 5.91 Å². The molecule has 4 N–H and O–H groups in total. The first kappa shape index (κ1) is 19.2. The number of ether oxygens (including phenoxy) is 1. The lowest BCUT2D eigenvalue weighted by molar-refractivity contribution is -0.380. The van der Waals surface area contributed by atoms with Crippen LogP contribution in [0.4, 0.5) is 11.6 Å². The number of hydrogen-bond donors (Lipinski definition) is 3. The van der Waals surface area contributed by atoms with Crippen molar-refractivity contribution in [2.45, 2.75) is 39.0 Å². The highest BCUT2D eigenvalue weighted by Crippen LogP contribution is 2.25. The average molecular weight is 395 g/mol. The maximum Gasteiger partial charge on any atom is 0.399 e. The van der Waals surface area contributed by atoms with Gasteiger partial charge in [-0.1, -0.05) is 19.3 Å². The molecule has 8 nitrogen and oxygen atoms in total. The third-order valence-electron chi connectivity index (χ3n) is 5.23. The quantitative estimate of drug-likeness (QED) is 0.569. The van der Waals surface area contributed by atoms with Gasteiger partial charge in [0.15, 0.2) is 5.52 Å². The number of imidazole rings is 1. The average Bonchev–Trinajstić information content (AvgIpc) is 3.22. The van der Waals surface area contributed by atoms with E-state index in [2.05, 4.69) is 30.6 Å². The van der Waals surface area contributed by atoms with Crippen LogP contribution in [0.2, 0.25) is 0 Å². The molecule has 4 rings (SSSR count). The van der Waals surface area contributed by atoms with Gasteiger partial charge >= 0.3 is 5.95 Å². The Balaban J connectivity index is 1.49. The summed E-state index contributed by atoms with van der Waals surface area (Å²) in [6.07, 6.45) is 7.96. The Labute approximate surface area is 169 Å². The minimum atomic E-state index is -0.0833. The van der Waals surface area contributed by atoms with Gasteiger partial charge in [-0.25, -0.2) is 15.3 Å². The number of hydrogen-bond acceptors (Lipinski definition) is 5. The van der Waals surface area contributed by atoms with Crippen molar-refractivity contribution in [3.05, 3.63) is 36.2 Å². The molecule has 1 aliphatic rings. The molecular weight excluding hydrogens is 368 g/mol. The molecular formula is C21H27N6O2+. The molecule has 0 spiro atoms. The van der Waals surface area contributed by atoms with E-state index < -0.39 is 0 Å². The Kier molecular flexibility index (Phi) is 5.88. The SMILES string of the molecule is CCNC(=O)c1ccc(Nc2nc3nc[nH]c3c(OCC3CCCCC3)[nH+]2)cc1. The van der Waals surface area contributed by atoms with E-state index in [0.29, 0.717) is 42.1 Å². The molecule has 0 unspecified atom stereocenters. The molecule has 3 aromatic rings. The second-order valence-electron chi connectivity index (χ2n) is 7.39. The Morgan fingerprint density at radius 3 is 2.79 bits per heavy atom. The standard InChI is InChI=1S/C21H26N6O2/c1-2-22-19(28)15-8-10-16(11-9-15)25-21-26-18-17(23-13-24-18)20(27-21)29-12-14-6-4-3-5-7-14/h8-11,13-14H,2-7,12H2,1H3,(H,22,28)(H2,23,24,25,26,27)/p+1. The summed E-state index contributed by atoms with van der Waals surface area (Å²) in [6.45, 7) is 3.19. The normalized spacial score (nSPS) is 14.7. The van der Waals surface area contributed by atoms with Crippen molar-refractivity contribution >= 4 is 28.7 Å². The highest BCUT2D eigenvalue weighted by atomic mass is 16.5. The monoisotopic (exact) mass is 395 g/mol. The minimum absolute atomic E-state index is 0.0833. The number of fused-ring (bicyclic) bond motifs is 1. The molecule has 0 radical (unpaired) electrons. The highest BCUT2D eigenvalue weighted by molar-refractivity contribution is 5.94. The summed E-state index contributed by atoms with van der Waals surface area (Å²) in [5.41, 5.74) is 2.78. The summed E-state index contributed by atoms with van der Waals surface area (Å²) in [7, 11) is 0. The van der Waals surface area contributed by atoms with Crippen molar-refractivity contribution in [2.24, 2.45) is 5.92 Å². The molecule has 0 aliphatic heterocycles. The number of amides is 1. The summed E-state index contributed by atoms with van der Waals surface area (Å²) in [5, 5.41) is 6.02. The van der Waals surface area contributed by atoms with E-state index in [1.165, 1.54) is 32.1 Å². The van der Waals surface area contributed by atoms with Gasteiger partial charge in [-0.2, -0.15) is 0 Å². The molecule has 1 saturated carbocycles. The number of rotatable bonds is 7. The molecule has 1 aliphatic carbocycles. The van der Waals surface area contributed by atoms with Crippen LogP contribution in [0.5, 0.6) is 5.88 Å². The molecule has 8 heteroatoms. The van der Waals surface area contributed by atoms with E-state index in [0.717, 1.165) is 11.2 Å². The fourth-order valence-electron chi connectivity index (χ4n) is 3.67. The molecule has 29 heavy (non-hydrogen) atoms. The van der Waals surface area contributed by atoms with E-state index in [9.17, 15) is 4.79 Å². The smallest absolute Gasteiger partial charge is 0.399 e. The van der Waals surface area contributed by atoms with E-state index in [1.54, 1.807) is 18.5 Å². The second kappa shape index (κ2) is 8.89. The lowest BCUT2D eigenvalue weighted by atomic mass is 9.90. The van der Waals surface area contributed by atoms with Crippen molar-refractivity contribution in [2.75, 3.05) is 18.5 Å². The third-order valence-corrected chi connectivity index (χ3v) is 5.23. The molecule has 2 aromatic heterocycles. The Hall–Kier alpha value is -3.16. The Morgan fingerprint density at radius 2 is 2.03 bits per heavy atom. The van der Waals surface area contributed by atoms with Crippen LogP contribution in [0.25, 0.3) is 11.2 Å². The van der Waals surface area contributed by atoms with Crippen LogP contribution in [-0.2, 0) is 0 Å². The first-order chi connectivity index (χ1) is 14.2. The van der Waals surface area contributed by atoms with Crippen LogP contribution < -0.4 is 20.4 Å². The number of nitrogens with zero attached hydrogens (tertiary/aromatic N) is 2. The summed E-state index contributed by atoms with van der Waals surface area (Å²) in [5.74, 6) is 1.69. The maximum absolute atomic E-state index is 11.9. The molecule has 0 bridgehead atoms. The van der Waals surface area contributed by atoms with Gasteiger partial charge in [-0.05, 0) is 54.9 Å². The van der Waals surface area contributed by atoms with Gasteiger partial charge in [-0.3, -0.25) is 4.79 Å². The van der Waals surface area contributed by atoms with E-state index >= 15 is 0 Å². The molecule has 152 valence electrons. The van der Waals surface area contributed by atoms with Crippen LogP contribution in [0.15, 0.2) is 30.6 Å². The summed E-state index contributed by atoms with van der Waals surface area (Å²) >= 11 is 0. The zero-order chi connectivity index (χ0) is 20.1. The number of carbonyl (C=O) groups excluding carboxylic acids is 1. The molecule has 1 amide bonds. The Morgan fingerprint density at radius 1 is 1.24 bits per heavy atom. The molecule has 0 saturated heterocycles. The zero-order valence-corrected chi connectivity index (χ0v) is 16.6. The molecule has 1 aromatic carbocycles. The number of H-pyrrole nitrogens is 2. The third kappa shape index (κ3) is 4.64. The van der Waals surface area contributed by atoms with Crippen LogP contribution in [0.3, 0.4) is 0 Å². The van der Waals surface area contributed by atoms with Crippen LogP contribution in [-0.4, -0.2) is 34.0 Å². The van der Waals surface area contributed by atoms with Gasteiger partial charge in [0.1, 0.15) is 0 Å². The zero-order valence-electron chi connectivity index (χ0n) is 16.6. The second-order valence-corrected chi connectivity index (χ2v) is 7.39. The number of benzene rings is 1. The summed E-state index contributed by atoms with van der Waals surface area (Å²) < 4.78 is 6.11. The Bertz CT molecular complexity index is 963. The van der Waals surface area contributed by atoms with Crippen molar-refractivity contribution < 1.29 is 14.5 Å². The van der Waals surface area contributed by atoms with Gasteiger partial charge in [-0.15, -0.1) is 0 Å². The van der Waals surface area contributed by atoms with Crippen molar-refractivity contribution in [1.82, 2.24) is 20.3 Å². The minimum Gasteiger partial charge on any atom is -0.466 e.